The van der Waals surface area contributed by atoms with Gasteiger partial charge in [-0.25, -0.2) is 18.8 Å². The van der Waals surface area contributed by atoms with Gasteiger partial charge in [-0.1, -0.05) is 105 Å². The van der Waals surface area contributed by atoms with E-state index in [1.165, 1.54) is 12.1 Å². The summed E-state index contributed by atoms with van der Waals surface area (Å²) in [5.41, 5.74) is 4.10. The Labute approximate surface area is 348 Å². The summed E-state index contributed by atoms with van der Waals surface area (Å²) in [7, 11) is 0. The first-order valence-corrected chi connectivity index (χ1v) is 20.2. The molecule has 0 saturated carbocycles. The van der Waals surface area contributed by atoms with Gasteiger partial charge in [0.25, 0.3) is 0 Å². The Morgan fingerprint density at radius 3 is 1.95 bits per heavy atom. The minimum Gasteiger partial charge on any atom is -0.459 e. The van der Waals surface area contributed by atoms with E-state index in [0.717, 1.165) is 49.5 Å². The Balaban J connectivity index is 1.18. The van der Waals surface area contributed by atoms with Gasteiger partial charge in [0.15, 0.2) is 12.3 Å². The van der Waals surface area contributed by atoms with Crippen LogP contribution in [0, 0.1) is 0 Å². The van der Waals surface area contributed by atoms with Crippen LogP contribution in [0.5, 0.6) is 5.88 Å². The third-order valence-corrected chi connectivity index (χ3v) is 10.4. The van der Waals surface area contributed by atoms with Crippen LogP contribution in [-0.4, -0.2) is 103 Å². The van der Waals surface area contributed by atoms with Crippen LogP contribution in [-0.2, 0) is 25.4 Å². The van der Waals surface area contributed by atoms with Gasteiger partial charge in [0.2, 0.25) is 18.3 Å². The number of hydrogen-bond donors (Lipinski definition) is 2. The average Bonchev–Trinajstić information content (AvgIpc) is 3.68. The maximum Gasteiger partial charge on any atom is 0.338 e. The van der Waals surface area contributed by atoms with Gasteiger partial charge < -0.3 is 29.0 Å². The van der Waals surface area contributed by atoms with E-state index < -0.39 is 55.3 Å². The molecular weight excluding hydrogens is 768 g/mol. The number of rotatable bonds is 15. The highest BCUT2D eigenvalue weighted by Crippen LogP contribution is 2.35. The second-order valence-corrected chi connectivity index (χ2v) is 15.0. The van der Waals surface area contributed by atoms with Gasteiger partial charge in [0.05, 0.1) is 16.7 Å². The molecule has 5 atom stereocenters. The highest BCUT2D eigenvalue weighted by Gasteiger charge is 2.53. The van der Waals surface area contributed by atoms with Gasteiger partial charge in [0, 0.05) is 50.4 Å². The highest BCUT2D eigenvalue weighted by atomic mass is 19.1. The van der Waals surface area contributed by atoms with E-state index in [2.05, 4.69) is 44.7 Å². The number of aromatic amines is 1. The van der Waals surface area contributed by atoms with Gasteiger partial charge in [-0.05, 0) is 53.4 Å². The standard InChI is InChI=1S/C47H49FN4O8/c1-31(2)40-37(29-33-22-20-32(21-23-33)13-12-26-52-27-24-49-25-28-52)43(51-50-40)60-47-42(59-46(55)36-18-10-5-11-19-36)41(58-45(54)35-16-8-4-9-17-35)39(48)38(57-47)30-56-44(53)34-14-6-3-7-15-34/h3-23,31,38-39,41-42,47,49H,24-30H2,1-2H3,(H,50,51). The van der Waals surface area contributed by atoms with Crippen molar-refractivity contribution >= 4 is 24.0 Å². The molecule has 0 bridgehead atoms. The number of piperazine rings is 1. The second-order valence-electron chi connectivity index (χ2n) is 15.0. The number of halogens is 1. The Hall–Kier alpha value is -6.15. The first-order chi connectivity index (χ1) is 29.2. The van der Waals surface area contributed by atoms with Crippen LogP contribution in [0.1, 0.15) is 73.2 Å². The number of benzene rings is 4. The molecule has 4 aromatic carbocycles. The molecule has 0 radical (unpaired) electrons. The molecule has 2 N–H and O–H groups in total. The number of alkyl halides is 1. The van der Waals surface area contributed by atoms with Crippen molar-refractivity contribution in [3.63, 3.8) is 0 Å². The van der Waals surface area contributed by atoms with Gasteiger partial charge in [-0.15, -0.1) is 5.10 Å². The van der Waals surface area contributed by atoms with E-state index in [4.69, 9.17) is 23.7 Å². The van der Waals surface area contributed by atoms with Crippen LogP contribution in [0.3, 0.4) is 0 Å². The van der Waals surface area contributed by atoms with Crippen molar-refractivity contribution in [3.8, 4) is 5.88 Å². The summed E-state index contributed by atoms with van der Waals surface area (Å²) in [6.45, 7) is 8.37. The summed E-state index contributed by atoms with van der Waals surface area (Å²) in [5, 5.41) is 11.0. The number of nitrogens with zero attached hydrogens (tertiary/aromatic N) is 2. The number of H-pyrrole nitrogens is 1. The van der Waals surface area contributed by atoms with Crippen LogP contribution in [0.25, 0.3) is 6.08 Å². The lowest BCUT2D eigenvalue weighted by molar-refractivity contribution is -0.264. The van der Waals surface area contributed by atoms with E-state index in [0.29, 0.717) is 12.0 Å². The monoisotopic (exact) mass is 816 g/mol. The van der Waals surface area contributed by atoms with Crippen molar-refractivity contribution in [2.45, 2.75) is 57.0 Å². The molecule has 3 heterocycles. The molecule has 0 aliphatic carbocycles. The first-order valence-electron chi connectivity index (χ1n) is 20.2. The number of aromatic nitrogens is 2. The van der Waals surface area contributed by atoms with Crippen molar-refractivity contribution in [1.82, 2.24) is 20.4 Å². The zero-order chi connectivity index (χ0) is 41.8. The maximum atomic E-state index is 16.9. The summed E-state index contributed by atoms with van der Waals surface area (Å²) in [6, 6.07) is 32.6. The molecule has 7 rings (SSSR count). The highest BCUT2D eigenvalue weighted by molar-refractivity contribution is 5.90. The Morgan fingerprint density at radius 1 is 0.800 bits per heavy atom. The SMILES string of the molecule is CC(C)c1[nH]nc(OC2OC(COC(=O)c3ccccc3)C(F)C(OC(=O)c3ccccc3)C2OC(=O)c2ccccc2)c1Cc1ccc(C=CCN2CCNCC2)cc1. The average molecular weight is 817 g/mol. The number of ether oxygens (including phenoxy) is 5. The molecule has 5 aromatic rings. The summed E-state index contributed by atoms with van der Waals surface area (Å²) in [4.78, 5) is 42.6. The summed E-state index contributed by atoms with van der Waals surface area (Å²) < 4.78 is 46.9. The molecule has 0 amide bonds. The van der Waals surface area contributed by atoms with Crippen LogP contribution < -0.4 is 10.1 Å². The van der Waals surface area contributed by atoms with E-state index in [-0.39, 0.29) is 28.5 Å². The van der Waals surface area contributed by atoms with Crippen LogP contribution in [0.15, 0.2) is 121 Å². The van der Waals surface area contributed by atoms with Gasteiger partial charge in [0.1, 0.15) is 12.7 Å². The second kappa shape index (κ2) is 20.2. The summed E-state index contributed by atoms with van der Waals surface area (Å²) in [6.07, 6.45) is -3.94. The van der Waals surface area contributed by atoms with Crippen molar-refractivity contribution in [1.29, 1.82) is 0 Å². The number of esters is 3. The predicted molar refractivity (Wildman–Crippen MR) is 222 cm³/mol. The summed E-state index contributed by atoms with van der Waals surface area (Å²) in [5.74, 6) is -2.29. The number of carbonyl (C=O) groups excluding carboxylic acids is 3. The van der Waals surface area contributed by atoms with Crippen LogP contribution in [0.4, 0.5) is 4.39 Å². The smallest absolute Gasteiger partial charge is 0.338 e. The first kappa shape index (κ1) is 42.0. The Kier molecular flexibility index (Phi) is 14.1. The zero-order valence-corrected chi connectivity index (χ0v) is 33.6. The lowest BCUT2D eigenvalue weighted by Gasteiger charge is -2.41. The minimum absolute atomic E-state index is 0.00373. The van der Waals surface area contributed by atoms with Gasteiger partial charge in [-0.3, -0.25) is 10.00 Å². The van der Waals surface area contributed by atoms with E-state index in [1.807, 2.05) is 26.0 Å². The molecule has 2 aliphatic heterocycles. The number of nitrogens with one attached hydrogen (secondary N) is 2. The molecule has 2 fully saturated rings. The zero-order valence-electron chi connectivity index (χ0n) is 33.6. The maximum absolute atomic E-state index is 16.9. The normalized spacial score (nSPS) is 20.8. The largest absolute Gasteiger partial charge is 0.459 e. The molecule has 1 aromatic heterocycles. The van der Waals surface area contributed by atoms with Crippen LogP contribution in [0.2, 0.25) is 0 Å². The predicted octanol–water partition coefficient (Wildman–Crippen LogP) is 6.79. The number of hydrogen-bond acceptors (Lipinski definition) is 11. The van der Waals surface area contributed by atoms with E-state index in [9.17, 15) is 14.4 Å². The van der Waals surface area contributed by atoms with Crippen molar-refractivity contribution in [2.24, 2.45) is 0 Å². The fourth-order valence-electron chi connectivity index (χ4n) is 7.10. The molecule has 13 heteroatoms. The third kappa shape index (κ3) is 10.7. The van der Waals surface area contributed by atoms with Crippen molar-refractivity contribution < 1.29 is 42.5 Å². The third-order valence-electron chi connectivity index (χ3n) is 10.4. The lowest BCUT2D eigenvalue weighted by Crippen LogP contribution is -2.61. The minimum atomic E-state index is -2.14. The summed E-state index contributed by atoms with van der Waals surface area (Å²) >= 11 is 0. The van der Waals surface area contributed by atoms with Crippen molar-refractivity contribution in [2.75, 3.05) is 39.3 Å². The molecule has 312 valence electrons. The topological polar surface area (TPSA) is 141 Å². The Bertz CT molecular complexity index is 2200. The van der Waals surface area contributed by atoms with E-state index in [1.54, 1.807) is 78.9 Å². The Morgan fingerprint density at radius 2 is 1.37 bits per heavy atom. The fraction of sp³-hybridized carbons (Fsp3) is 0.319. The number of carbonyl (C=O) groups is 3. The molecule has 2 aliphatic rings. The molecule has 5 unspecified atom stereocenters. The van der Waals surface area contributed by atoms with Gasteiger partial charge >= 0.3 is 17.9 Å². The van der Waals surface area contributed by atoms with Crippen molar-refractivity contribution in [3.05, 3.63) is 160 Å². The van der Waals surface area contributed by atoms with Crippen LogP contribution >= 0.6 is 0 Å². The fourth-order valence-corrected chi connectivity index (χ4v) is 7.10. The lowest BCUT2D eigenvalue weighted by atomic mass is 9.98. The quantitative estimate of drug-likeness (QED) is 0.0853. The molecular formula is C47H49FN4O8. The molecule has 2 saturated heterocycles. The van der Waals surface area contributed by atoms with E-state index >= 15 is 4.39 Å². The van der Waals surface area contributed by atoms with Gasteiger partial charge in [-0.2, -0.15) is 0 Å². The molecule has 12 nitrogen and oxygen atoms in total. The molecule has 0 spiro atoms. The molecule has 60 heavy (non-hydrogen) atoms.